The molecule has 1 aliphatic carbocycles. The van der Waals surface area contributed by atoms with Crippen LogP contribution < -0.4 is 20.0 Å². The minimum atomic E-state index is -0.240. The summed E-state index contributed by atoms with van der Waals surface area (Å²) in [4.78, 5) is 45.1. The maximum absolute atomic E-state index is 9.96. The van der Waals surface area contributed by atoms with Gasteiger partial charge >= 0.3 is 0 Å². The van der Waals surface area contributed by atoms with Crippen LogP contribution in [0.3, 0.4) is 0 Å². The van der Waals surface area contributed by atoms with Gasteiger partial charge in [-0.15, -0.1) is 0 Å². The molecule has 19 rings (SSSR count). The number of hydrogen-bond acceptors (Lipinski definition) is 24. The molecule has 2 aliphatic heterocycles. The molecule has 125 heavy (non-hydrogen) atoms. The minimum absolute atomic E-state index is 0.193. The number of aliphatic hydroxyl groups is 3. The number of aliphatic hydroxyl groups excluding tert-OH is 3. The Morgan fingerprint density at radius 2 is 0.712 bits per heavy atom. The lowest BCUT2D eigenvalue weighted by molar-refractivity contribution is 0.126. The van der Waals surface area contributed by atoms with Crippen molar-refractivity contribution in [1.82, 2.24) is 118 Å². The molecule has 12 aromatic heterocycles. The normalized spacial score (nSPS) is 15.2. The number of aryl methyl sites for hydroxylation is 8. The van der Waals surface area contributed by atoms with Crippen molar-refractivity contribution in [1.29, 1.82) is 5.26 Å². The fourth-order valence-electron chi connectivity index (χ4n) is 15.9. The maximum atomic E-state index is 9.96. The number of aromatic nitrogens is 24. The summed E-state index contributed by atoms with van der Waals surface area (Å²) in [7, 11) is 17.2. The smallest absolute Gasteiger partial charge is 0.161 e. The topological polar surface area (TPSA) is 352 Å². The first-order chi connectivity index (χ1) is 60.8. The van der Waals surface area contributed by atoms with E-state index in [1.807, 2.05) is 241 Å². The van der Waals surface area contributed by atoms with Gasteiger partial charge in [0.15, 0.2) is 23.3 Å². The van der Waals surface area contributed by atoms with Crippen molar-refractivity contribution in [3.8, 4) is 141 Å². The first-order valence-electron chi connectivity index (χ1n) is 41.9. The molecule has 0 amide bonds. The molecule has 0 radical (unpaired) electrons. The Morgan fingerprint density at radius 3 is 1.10 bits per heavy atom. The van der Waals surface area contributed by atoms with E-state index < -0.39 is 0 Å². The molecule has 32 heteroatoms. The highest BCUT2D eigenvalue weighted by Crippen LogP contribution is 2.39. The number of nitriles is 1. The summed E-state index contributed by atoms with van der Waals surface area (Å²) in [6.45, 7) is 4.01. The predicted octanol–water partition coefficient (Wildman–Crippen LogP) is 13.0. The molecule has 0 spiro atoms. The summed E-state index contributed by atoms with van der Waals surface area (Å²) < 4.78 is 14.3. The van der Waals surface area contributed by atoms with E-state index in [0.29, 0.717) is 36.3 Å². The van der Waals surface area contributed by atoms with Crippen molar-refractivity contribution in [3.05, 3.63) is 221 Å². The van der Waals surface area contributed by atoms with E-state index in [2.05, 4.69) is 109 Å². The largest absolute Gasteiger partial charge is 0.396 e. The maximum Gasteiger partial charge on any atom is 0.161 e. The third kappa shape index (κ3) is 20.3. The Hall–Kier alpha value is -14.6. The molecule has 0 bridgehead atoms. The standard InChI is InChI=1S/2C24H27N7O.C23H25N7O.C22H22N8/c1-29-14-20(10-26-29)18-6-3-7-19(9-18)23-25-12-22(21-11-27-30(2)15-21)24(28-23)31-8-4-5-17(13-31)16-32;1-30-14-18(11-26-30)16-4-3-5-17(10-16)23-25-13-22(19-12-27-31(2)15-19)24(29-23)28-20-6-8-21(32)9-7-20;1-28-14-18(11-25-28)16-4-3-5-17(10-16)22-24-13-21(19-12-26-29(2)15-19)23(27-22)30-8-6-20(31)7-9-30;1-28(9-5-8-23)22-20(19-12-26-30(3)15-19)13-24-21(27-22)17-7-4-6-16(10-17)18-11-25-29(2)14-18/h3,6-7,9-12,14-15,17,32H,4-5,8,13,16H2,1-2H3;3-5,10-15,20-21,32H,6-9H2,1-2H3,(H,25,28,29);3-5,10-15,20,31H,6-9H2,1-2H3;4,6-7,10-15H,5,9H2,1-3H3. The van der Waals surface area contributed by atoms with E-state index in [-0.39, 0.29) is 30.8 Å². The van der Waals surface area contributed by atoms with Gasteiger partial charge in [-0.25, -0.2) is 39.9 Å². The molecule has 32 nitrogen and oxygen atoms in total. The molecule has 14 heterocycles. The molecule has 16 aromatic rings. The van der Waals surface area contributed by atoms with Crippen molar-refractivity contribution >= 4 is 23.3 Å². The van der Waals surface area contributed by atoms with E-state index in [9.17, 15) is 15.3 Å². The fourth-order valence-corrected chi connectivity index (χ4v) is 15.9. The molecule has 1 unspecified atom stereocenters. The lowest BCUT2D eigenvalue weighted by atomic mass is 9.93. The summed E-state index contributed by atoms with van der Waals surface area (Å²) >= 11 is 0. The first-order valence-corrected chi connectivity index (χ1v) is 41.9. The summed E-state index contributed by atoms with van der Waals surface area (Å²) in [5, 5.41) is 76.5. The Labute approximate surface area is 724 Å². The first kappa shape index (κ1) is 84.1. The van der Waals surface area contributed by atoms with Crippen LogP contribution in [0.15, 0.2) is 221 Å². The second-order valence-corrected chi connectivity index (χ2v) is 32.1. The minimum Gasteiger partial charge on any atom is -0.396 e. The number of rotatable bonds is 20. The van der Waals surface area contributed by atoms with E-state index in [1.165, 1.54) is 0 Å². The SMILES string of the molecule is CN(CCC#N)c1nc(-c2cccc(-c3cnn(C)c3)c2)ncc1-c1cnn(C)c1.Cn1cc(-c2cccc(-c3ncc(-c4cnn(C)c4)c(N4CCC(O)CC4)n3)c2)cn1.Cn1cc(-c2cccc(-c3ncc(-c4cnn(C)c4)c(N4CCCC(CO)C4)n3)c2)cn1.Cn1cc(-c2cccc(-c3ncc(-c4cnn(C)c4)c(NC4CCC(O)CC4)n3)c2)cn1. The summed E-state index contributed by atoms with van der Waals surface area (Å²) in [6, 6.07) is 35.2. The molecule has 4 N–H and O–H groups in total. The average Bonchev–Trinajstić information content (AvgIpc) is 1.79. The van der Waals surface area contributed by atoms with Crippen LogP contribution in [0.4, 0.5) is 23.3 Å². The summed E-state index contributed by atoms with van der Waals surface area (Å²) in [6.07, 6.45) is 45.0. The highest BCUT2D eigenvalue weighted by Gasteiger charge is 2.28. The van der Waals surface area contributed by atoms with E-state index in [4.69, 9.17) is 40.1 Å². The van der Waals surface area contributed by atoms with Crippen LogP contribution in [0.25, 0.3) is 135 Å². The third-order valence-corrected chi connectivity index (χ3v) is 22.6. The molecular weight excluding hydrogens is 1570 g/mol. The van der Waals surface area contributed by atoms with E-state index in [1.54, 1.807) is 43.7 Å². The van der Waals surface area contributed by atoms with Crippen LogP contribution in [-0.2, 0) is 56.4 Å². The third-order valence-electron chi connectivity index (χ3n) is 22.6. The molecule has 3 aliphatic rings. The fraction of sp³-hybridized carbons (Fsp3) is 0.301. The molecule has 1 saturated carbocycles. The lowest BCUT2D eigenvalue weighted by Crippen LogP contribution is -2.37. The van der Waals surface area contributed by atoms with Gasteiger partial charge in [-0.05, 0) is 104 Å². The zero-order valence-electron chi connectivity index (χ0n) is 71.6. The van der Waals surface area contributed by atoms with E-state index >= 15 is 0 Å². The van der Waals surface area contributed by atoms with Crippen LogP contribution in [0.5, 0.6) is 0 Å². The zero-order valence-corrected chi connectivity index (χ0v) is 71.6. The van der Waals surface area contributed by atoms with Crippen LogP contribution in [0.1, 0.15) is 57.8 Å². The van der Waals surface area contributed by atoms with Gasteiger partial charge in [0.1, 0.15) is 23.3 Å². The monoisotopic (exact) mass is 1670 g/mol. The van der Waals surface area contributed by atoms with Gasteiger partial charge in [0, 0.05) is 272 Å². The summed E-state index contributed by atoms with van der Waals surface area (Å²) in [5.41, 5.74) is 19.9. The highest BCUT2D eigenvalue weighted by molar-refractivity contribution is 5.82. The lowest BCUT2D eigenvalue weighted by Gasteiger charge is -2.33. The van der Waals surface area contributed by atoms with E-state index in [0.717, 1.165) is 212 Å². The summed E-state index contributed by atoms with van der Waals surface area (Å²) in [5.74, 6) is 6.28. The van der Waals surface area contributed by atoms with Crippen LogP contribution in [0, 0.1) is 17.2 Å². The van der Waals surface area contributed by atoms with Gasteiger partial charge in [-0.2, -0.15) is 46.1 Å². The number of nitrogens with zero attached hydrogens (tertiary/aromatic N) is 28. The Balaban J connectivity index is 0.000000123. The van der Waals surface area contributed by atoms with Crippen molar-refractivity contribution in [2.45, 2.75) is 76.0 Å². The van der Waals surface area contributed by atoms with Crippen molar-refractivity contribution in [2.24, 2.45) is 62.3 Å². The molecule has 1 atom stereocenters. The Kier molecular flexibility index (Phi) is 25.7. The number of anilines is 4. The Bertz CT molecular complexity index is 6400. The molecule has 3 fully saturated rings. The second kappa shape index (κ2) is 38.3. The quantitative estimate of drug-likeness (QED) is 0.0550. The number of piperidine rings is 2. The molecule has 4 aromatic carbocycles. The Morgan fingerprint density at radius 1 is 0.376 bits per heavy atom. The number of nitrogens with one attached hydrogen (secondary N) is 1. The van der Waals surface area contributed by atoms with Crippen molar-refractivity contribution in [3.63, 3.8) is 0 Å². The zero-order chi connectivity index (χ0) is 86.6. The molecule has 636 valence electrons. The average molecular weight is 1670 g/mol. The second-order valence-electron chi connectivity index (χ2n) is 32.1. The van der Waals surface area contributed by atoms with Crippen molar-refractivity contribution in [2.75, 3.05) is 66.4 Å². The van der Waals surface area contributed by atoms with Crippen molar-refractivity contribution < 1.29 is 15.3 Å². The predicted molar refractivity (Wildman–Crippen MR) is 482 cm³/mol. The van der Waals surface area contributed by atoms with Crippen LogP contribution in [-0.4, -0.2) is 198 Å². The van der Waals surface area contributed by atoms with Gasteiger partial charge in [0.25, 0.3) is 0 Å². The van der Waals surface area contributed by atoms with Gasteiger partial charge in [-0.3, -0.25) is 37.5 Å². The molecule has 2 saturated heterocycles. The number of benzene rings is 4. The van der Waals surface area contributed by atoms with Crippen LogP contribution >= 0.6 is 0 Å². The van der Waals surface area contributed by atoms with Gasteiger partial charge in [-0.1, -0.05) is 72.8 Å². The number of hydrogen-bond donors (Lipinski definition) is 4. The van der Waals surface area contributed by atoms with Crippen LogP contribution in [0.2, 0.25) is 0 Å². The van der Waals surface area contributed by atoms with Gasteiger partial charge in [0.05, 0.1) is 74.3 Å². The van der Waals surface area contributed by atoms with Gasteiger partial charge < -0.3 is 35.3 Å². The molecular formula is C93H101N29O3. The van der Waals surface area contributed by atoms with Gasteiger partial charge in [0.2, 0.25) is 0 Å². The highest BCUT2D eigenvalue weighted by atomic mass is 16.3.